The van der Waals surface area contributed by atoms with Gasteiger partial charge in [0.15, 0.2) is 0 Å². The van der Waals surface area contributed by atoms with Gasteiger partial charge in [-0.15, -0.1) is 0 Å². The Labute approximate surface area is 90.2 Å². The molecule has 1 unspecified atom stereocenters. The summed E-state index contributed by atoms with van der Waals surface area (Å²) in [5.41, 5.74) is 8.13. The van der Waals surface area contributed by atoms with Crippen molar-refractivity contribution in [2.75, 3.05) is 13.7 Å². The number of aryl methyl sites for hydroxylation is 2. The highest BCUT2D eigenvalue weighted by Gasteiger charge is 2.15. The lowest BCUT2D eigenvalue weighted by atomic mass is 10.0. The van der Waals surface area contributed by atoms with Gasteiger partial charge in [0.25, 0.3) is 0 Å². The lowest BCUT2D eigenvalue weighted by Crippen LogP contribution is -2.05. The van der Waals surface area contributed by atoms with Crippen LogP contribution in [0, 0.1) is 13.8 Å². The van der Waals surface area contributed by atoms with Crippen LogP contribution in [0.2, 0.25) is 0 Å². The van der Waals surface area contributed by atoms with Crippen LogP contribution in [-0.4, -0.2) is 13.7 Å². The number of alkyl halides is 1. The van der Waals surface area contributed by atoms with Gasteiger partial charge in [-0.25, -0.2) is 4.39 Å². The number of hydrogen-bond acceptors (Lipinski definition) is 2. The number of methoxy groups -OCH3 is 1. The number of benzene rings is 1. The molecule has 1 atom stereocenters. The summed E-state index contributed by atoms with van der Waals surface area (Å²) < 4.78 is 18.9. The van der Waals surface area contributed by atoms with Gasteiger partial charge < -0.3 is 10.5 Å². The van der Waals surface area contributed by atoms with E-state index in [1.165, 1.54) is 0 Å². The van der Waals surface area contributed by atoms with Crippen molar-refractivity contribution in [2.24, 2.45) is 5.73 Å². The number of hydrogen-bond donors (Lipinski definition) is 1. The van der Waals surface area contributed by atoms with E-state index < -0.39 is 6.17 Å². The molecule has 0 aliphatic heterocycles. The molecule has 1 rings (SSSR count). The Morgan fingerprint density at radius 2 is 1.93 bits per heavy atom. The van der Waals surface area contributed by atoms with Crippen LogP contribution < -0.4 is 10.5 Å². The van der Waals surface area contributed by atoms with Crippen molar-refractivity contribution in [3.63, 3.8) is 0 Å². The van der Waals surface area contributed by atoms with E-state index in [-0.39, 0.29) is 0 Å². The predicted octanol–water partition coefficient (Wildman–Crippen LogP) is 2.67. The molecule has 0 heterocycles. The first kappa shape index (κ1) is 12.0. The van der Waals surface area contributed by atoms with E-state index in [1.54, 1.807) is 7.11 Å². The van der Waals surface area contributed by atoms with Crippen LogP contribution in [0.5, 0.6) is 5.75 Å². The average molecular weight is 211 g/mol. The van der Waals surface area contributed by atoms with Crippen molar-refractivity contribution in [3.05, 3.63) is 28.8 Å². The number of rotatable bonds is 4. The fraction of sp³-hybridized carbons (Fsp3) is 0.500. The van der Waals surface area contributed by atoms with Crippen molar-refractivity contribution in [1.82, 2.24) is 0 Å². The fourth-order valence-electron chi connectivity index (χ4n) is 1.54. The standard InChI is InChI=1S/C12H18FNO/c1-8-6-10(11(13)4-5-14)12(15-3)7-9(8)2/h6-7,11H,4-5,14H2,1-3H3. The van der Waals surface area contributed by atoms with Crippen molar-refractivity contribution < 1.29 is 9.13 Å². The summed E-state index contributed by atoms with van der Waals surface area (Å²) in [4.78, 5) is 0. The maximum absolute atomic E-state index is 13.7. The Morgan fingerprint density at radius 1 is 1.33 bits per heavy atom. The van der Waals surface area contributed by atoms with Crippen molar-refractivity contribution in [3.8, 4) is 5.75 Å². The molecule has 2 N–H and O–H groups in total. The van der Waals surface area contributed by atoms with Crippen molar-refractivity contribution in [1.29, 1.82) is 0 Å². The van der Waals surface area contributed by atoms with E-state index in [0.29, 0.717) is 24.3 Å². The summed E-state index contributed by atoms with van der Waals surface area (Å²) in [6.07, 6.45) is -0.706. The zero-order valence-corrected chi connectivity index (χ0v) is 9.51. The minimum atomic E-state index is -1.04. The molecule has 15 heavy (non-hydrogen) atoms. The molecule has 0 fully saturated rings. The molecule has 0 radical (unpaired) electrons. The van der Waals surface area contributed by atoms with Gasteiger partial charge in [0.2, 0.25) is 0 Å². The Balaban J connectivity index is 3.09. The van der Waals surface area contributed by atoms with E-state index in [4.69, 9.17) is 10.5 Å². The molecule has 1 aromatic rings. The van der Waals surface area contributed by atoms with Crippen molar-refractivity contribution >= 4 is 0 Å². The molecule has 0 aromatic heterocycles. The molecule has 0 spiro atoms. The van der Waals surface area contributed by atoms with Gasteiger partial charge in [-0.05, 0) is 50.1 Å². The van der Waals surface area contributed by atoms with Crippen LogP contribution in [0.1, 0.15) is 29.3 Å². The summed E-state index contributed by atoms with van der Waals surface area (Å²) in [5.74, 6) is 0.610. The highest BCUT2D eigenvalue weighted by atomic mass is 19.1. The second-order valence-electron chi connectivity index (χ2n) is 3.72. The molecule has 0 saturated heterocycles. The topological polar surface area (TPSA) is 35.2 Å². The molecule has 3 heteroatoms. The molecule has 0 aliphatic rings. The van der Waals surface area contributed by atoms with Gasteiger partial charge in [-0.3, -0.25) is 0 Å². The molecule has 84 valence electrons. The third-order valence-electron chi connectivity index (χ3n) is 2.60. The van der Waals surface area contributed by atoms with E-state index in [2.05, 4.69) is 0 Å². The number of halogens is 1. The van der Waals surface area contributed by atoms with E-state index in [0.717, 1.165) is 11.1 Å². The Hall–Kier alpha value is -1.09. The normalized spacial score (nSPS) is 12.6. The maximum atomic E-state index is 13.7. The van der Waals surface area contributed by atoms with E-state index >= 15 is 0 Å². The summed E-state index contributed by atoms with van der Waals surface area (Å²) in [5, 5.41) is 0. The highest BCUT2D eigenvalue weighted by Crippen LogP contribution is 2.32. The second kappa shape index (κ2) is 5.12. The largest absolute Gasteiger partial charge is 0.496 e. The van der Waals surface area contributed by atoms with Gasteiger partial charge in [0.1, 0.15) is 11.9 Å². The first-order valence-corrected chi connectivity index (χ1v) is 5.09. The lowest BCUT2D eigenvalue weighted by molar-refractivity contribution is 0.311. The summed E-state index contributed by atoms with van der Waals surface area (Å²) in [6, 6.07) is 3.71. The smallest absolute Gasteiger partial charge is 0.130 e. The summed E-state index contributed by atoms with van der Waals surface area (Å²) in [6.45, 7) is 4.29. The van der Waals surface area contributed by atoms with E-state index in [9.17, 15) is 4.39 Å². The maximum Gasteiger partial charge on any atom is 0.130 e. The molecule has 0 aliphatic carbocycles. The molecule has 0 saturated carbocycles. The number of nitrogens with two attached hydrogens (primary N) is 1. The van der Waals surface area contributed by atoms with Gasteiger partial charge >= 0.3 is 0 Å². The third-order valence-corrected chi connectivity index (χ3v) is 2.60. The van der Waals surface area contributed by atoms with E-state index in [1.807, 2.05) is 26.0 Å². The molecule has 1 aromatic carbocycles. The quantitative estimate of drug-likeness (QED) is 0.831. The average Bonchev–Trinajstić information content (AvgIpc) is 2.21. The Kier molecular flexibility index (Phi) is 4.09. The van der Waals surface area contributed by atoms with Crippen LogP contribution >= 0.6 is 0 Å². The molecule has 0 bridgehead atoms. The van der Waals surface area contributed by atoms with Crippen LogP contribution in [-0.2, 0) is 0 Å². The minimum Gasteiger partial charge on any atom is -0.496 e. The monoisotopic (exact) mass is 211 g/mol. The summed E-state index contributed by atoms with van der Waals surface area (Å²) in [7, 11) is 1.56. The van der Waals surface area contributed by atoms with Gasteiger partial charge in [-0.1, -0.05) is 0 Å². The molecule has 2 nitrogen and oxygen atoms in total. The van der Waals surface area contributed by atoms with Gasteiger partial charge in [0.05, 0.1) is 7.11 Å². The highest BCUT2D eigenvalue weighted by molar-refractivity contribution is 5.43. The summed E-state index contributed by atoms with van der Waals surface area (Å²) >= 11 is 0. The van der Waals surface area contributed by atoms with Crippen LogP contribution in [0.25, 0.3) is 0 Å². The first-order chi connectivity index (χ1) is 7.10. The Morgan fingerprint density at radius 3 is 2.47 bits per heavy atom. The van der Waals surface area contributed by atoms with Gasteiger partial charge in [0, 0.05) is 5.56 Å². The molecular formula is C12H18FNO. The second-order valence-corrected chi connectivity index (χ2v) is 3.72. The fourth-order valence-corrected chi connectivity index (χ4v) is 1.54. The zero-order chi connectivity index (χ0) is 11.4. The SMILES string of the molecule is COc1cc(C)c(C)cc1C(F)CCN. The molecule has 0 amide bonds. The van der Waals surface area contributed by atoms with Crippen molar-refractivity contribution in [2.45, 2.75) is 26.4 Å². The Bertz CT molecular complexity index is 339. The number of ether oxygens (including phenoxy) is 1. The van der Waals surface area contributed by atoms with Crippen LogP contribution in [0.3, 0.4) is 0 Å². The molecular weight excluding hydrogens is 193 g/mol. The lowest BCUT2D eigenvalue weighted by Gasteiger charge is -2.14. The first-order valence-electron chi connectivity index (χ1n) is 5.09. The van der Waals surface area contributed by atoms with Crippen LogP contribution in [0.4, 0.5) is 4.39 Å². The third kappa shape index (κ3) is 2.69. The van der Waals surface area contributed by atoms with Gasteiger partial charge in [-0.2, -0.15) is 0 Å². The predicted molar refractivity (Wildman–Crippen MR) is 60.0 cm³/mol. The van der Waals surface area contributed by atoms with Crippen LogP contribution in [0.15, 0.2) is 12.1 Å². The zero-order valence-electron chi connectivity index (χ0n) is 9.51. The minimum absolute atomic E-state index is 0.332.